The lowest BCUT2D eigenvalue weighted by atomic mass is 10.4. The van der Waals surface area contributed by atoms with Gasteiger partial charge >= 0.3 is 0 Å². The summed E-state index contributed by atoms with van der Waals surface area (Å²) in [5.74, 6) is -0.162. The molecule has 11 heavy (non-hydrogen) atoms. The van der Waals surface area contributed by atoms with Crippen LogP contribution in [0.2, 0.25) is 0 Å². The van der Waals surface area contributed by atoms with Crippen molar-refractivity contribution in [2.75, 3.05) is 12.8 Å². The van der Waals surface area contributed by atoms with Crippen molar-refractivity contribution in [3.05, 3.63) is 18.0 Å². The van der Waals surface area contributed by atoms with Gasteiger partial charge in [-0.25, -0.2) is 9.97 Å². The number of nitrogens with zero attached hydrogens (tertiary/aromatic N) is 2. The summed E-state index contributed by atoms with van der Waals surface area (Å²) in [6.45, 7) is 0. The maximum absolute atomic E-state index is 10.9. The third-order valence-corrected chi connectivity index (χ3v) is 1.13. The first kappa shape index (κ1) is 7.46. The summed E-state index contributed by atoms with van der Waals surface area (Å²) in [5, 5.41) is 2.42. The molecule has 0 aliphatic heterocycles. The first-order chi connectivity index (χ1) is 5.24. The van der Waals surface area contributed by atoms with Crippen molar-refractivity contribution in [2.45, 2.75) is 0 Å². The van der Waals surface area contributed by atoms with E-state index in [1.807, 2.05) is 0 Å². The Morgan fingerprint density at radius 2 is 2.45 bits per heavy atom. The number of rotatable bonds is 1. The van der Waals surface area contributed by atoms with Gasteiger partial charge in [-0.1, -0.05) is 0 Å². The molecule has 0 spiro atoms. The van der Waals surface area contributed by atoms with Gasteiger partial charge in [-0.2, -0.15) is 0 Å². The number of amides is 1. The number of hydrogen-bond donors (Lipinski definition) is 2. The fraction of sp³-hybridized carbons (Fsp3) is 0.167. The van der Waals surface area contributed by atoms with Gasteiger partial charge in [0.25, 0.3) is 5.91 Å². The highest BCUT2D eigenvalue weighted by Crippen LogP contribution is 1.94. The van der Waals surface area contributed by atoms with Crippen LogP contribution in [0, 0.1) is 0 Å². The van der Waals surface area contributed by atoms with E-state index < -0.39 is 0 Å². The Labute approximate surface area is 63.7 Å². The Bertz CT molecular complexity index is 273. The summed E-state index contributed by atoms with van der Waals surface area (Å²) < 4.78 is 0. The normalized spacial score (nSPS) is 9.18. The van der Waals surface area contributed by atoms with E-state index in [9.17, 15) is 4.79 Å². The minimum absolute atomic E-state index is 0.103. The van der Waals surface area contributed by atoms with E-state index in [1.165, 1.54) is 19.3 Å². The molecule has 5 nitrogen and oxygen atoms in total. The Morgan fingerprint density at radius 1 is 1.73 bits per heavy atom. The molecule has 3 N–H and O–H groups in total. The van der Waals surface area contributed by atoms with Crippen molar-refractivity contribution in [1.29, 1.82) is 0 Å². The van der Waals surface area contributed by atoms with Gasteiger partial charge in [0, 0.05) is 13.2 Å². The zero-order valence-corrected chi connectivity index (χ0v) is 6.03. The van der Waals surface area contributed by atoms with Crippen LogP contribution >= 0.6 is 0 Å². The maximum Gasteiger partial charge on any atom is 0.269 e. The second-order valence-electron chi connectivity index (χ2n) is 1.88. The largest absolute Gasteiger partial charge is 0.368 e. The summed E-state index contributed by atoms with van der Waals surface area (Å²) in [5.41, 5.74) is 5.53. The van der Waals surface area contributed by atoms with Gasteiger partial charge in [0.1, 0.15) is 5.69 Å². The highest BCUT2D eigenvalue weighted by Gasteiger charge is 2.03. The number of carbonyl (C=O) groups excluding carboxylic acids is 1. The zero-order valence-electron chi connectivity index (χ0n) is 6.03. The smallest absolute Gasteiger partial charge is 0.269 e. The number of nitrogen functional groups attached to an aromatic ring is 1. The van der Waals surface area contributed by atoms with Gasteiger partial charge in [0.05, 0.1) is 0 Å². The van der Waals surface area contributed by atoms with E-state index in [0.29, 0.717) is 0 Å². The van der Waals surface area contributed by atoms with Crippen molar-refractivity contribution < 1.29 is 4.79 Å². The van der Waals surface area contributed by atoms with Crippen molar-refractivity contribution >= 4 is 11.9 Å². The molecule has 58 valence electrons. The molecule has 1 heterocycles. The van der Waals surface area contributed by atoms with E-state index in [1.54, 1.807) is 0 Å². The minimum Gasteiger partial charge on any atom is -0.368 e. The second-order valence-corrected chi connectivity index (χ2v) is 1.88. The van der Waals surface area contributed by atoms with Crippen LogP contribution in [0.25, 0.3) is 0 Å². The predicted octanol–water partition coefficient (Wildman–Crippen LogP) is -0.582. The van der Waals surface area contributed by atoms with E-state index in [4.69, 9.17) is 5.73 Å². The Hall–Kier alpha value is -1.65. The SMILES string of the molecule is CNC(=O)c1ccnc(N)n1. The second kappa shape index (κ2) is 2.96. The van der Waals surface area contributed by atoms with E-state index in [0.717, 1.165) is 0 Å². The molecule has 0 radical (unpaired) electrons. The third-order valence-electron chi connectivity index (χ3n) is 1.13. The molecule has 0 atom stereocenters. The number of anilines is 1. The predicted molar refractivity (Wildman–Crippen MR) is 39.8 cm³/mol. The van der Waals surface area contributed by atoms with Crippen LogP contribution in [0.15, 0.2) is 12.3 Å². The Morgan fingerprint density at radius 3 is 3.00 bits per heavy atom. The molecule has 1 rings (SSSR count). The summed E-state index contributed by atoms with van der Waals surface area (Å²) in [7, 11) is 1.53. The van der Waals surface area contributed by atoms with E-state index >= 15 is 0 Å². The number of nitrogens with two attached hydrogens (primary N) is 1. The summed E-state index contributed by atoms with van der Waals surface area (Å²) >= 11 is 0. The number of nitrogens with one attached hydrogen (secondary N) is 1. The fourth-order valence-corrected chi connectivity index (χ4v) is 0.628. The van der Waals surface area contributed by atoms with Gasteiger partial charge in [-0.05, 0) is 6.07 Å². The van der Waals surface area contributed by atoms with Crippen LogP contribution in [0.3, 0.4) is 0 Å². The number of carbonyl (C=O) groups is 1. The van der Waals surface area contributed by atoms with Crippen molar-refractivity contribution in [3.63, 3.8) is 0 Å². The fourth-order valence-electron chi connectivity index (χ4n) is 0.628. The molecule has 1 aromatic heterocycles. The monoisotopic (exact) mass is 152 g/mol. The zero-order chi connectivity index (χ0) is 8.27. The Balaban J connectivity index is 2.96. The molecule has 0 saturated heterocycles. The van der Waals surface area contributed by atoms with Crippen LogP contribution in [0.1, 0.15) is 10.5 Å². The van der Waals surface area contributed by atoms with Gasteiger partial charge in [0.2, 0.25) is 5.95 Å². The molecular weight excluding hydrogens is 144 g/mol. The minimum atomic E-state index is -0.265. The molecular formula is C6H8N4O. The highest BCUT2D eigenvalue weighted by molar-refractivity contribution is 5.92. The van der Waals surface area contributed by atoms with Crippen LogP contribution in [0.4, 0.5) is 5.95 Å². The first-order valence-corrected chi connectivity index (χ1v) is 3.04. The van der Waals surface area contributed by atoms with Gasteiger partial charge < -0.3 is 11.1 Å². The van der Waals surface area contributed by atoms with Crippen LogP contribution in [0.5, 0.6) is 0 Å². The molecule has 5 heteroatoms. The molecule has 0 unspecified atom stereocenters. The summed E-state index contributed by atoms with van der Waals surface area (Å²) in [4.78, 5) is 18.3. The lowest BCUT2D eigenvalue weighted by molar-refractivity contribution is 0.0958. The topological polar surface area (TPSA) is 80.9 Å². The molecule has 0 bridgehead atoms. The van der Waals surface area contributed by atoms with Crippen molar-refractivity contribution in [2.24, 2.45) is 0 Å². The van der Waals surface area contributed by atoms with Crippen LogP contribution < -0.4 is 11.1 Å². The summed E-state index contributed by atoms with van der Waals surface area (Å²) in [6.07, 6.45) is 1.44. The molecule has 0 aromatic carbocycles. The average Bonchev–Trinajstić information content (AvgIpc) is 2.03. The van der Waals surface area contributed by atoms with Crippen LogP contribution in [-0.4, -0.2) is 22.9 Å². The number of aromatic nitrogens is 2. The molecule has 1 aromatic rings. The van der Waals surface area contributed by atoms with Gasteiger partial charge in [-0.3, -0.25) is 4.79 Å². The van der Waals surface area contributed by atoms with Crippen LogP contribution in [-0.2, 0) is 0 Å². The molecule has 0 saturated carbocycles. The Kier molecular flexibility index (Phi) is 2.00. The van der Waals surface area contributed by atoms with Gasteiger partial charge in [-0.15, -0.1) is 0 Å². The average molecular weight is 152 g/mol. The first-order valence-electron chi connectivity index (χ1n) is 3.04. The van der Waals surface area contributed by atoms with E-state index in [2.05, 4.69) is 15.3 Å². The quantitative estimate of drug-likeness (QED) is 0.564. The number of hydrogen-bond acceptors (Lipinski definition) is 4. The van der Waals surface area contributed by atoms with Crippen molar-refractivity contribution in [3.8, 4) is 0 Å². The van der Waals surface area contributed by atoms with Gasteiger partial charge in [0.15, 0.2) is 0 Å². The lowest BCUT2D eigenvalue weighted by Gasteiger charge is -1.97. The molecule has 1 amide bonds. The maximum atomic E-state index is 10.9. The highest BCUT2D eigenvalue weighted by atomic mass is 16.1. The van der Waals surface area contributed by atoms with Crippen molar-refractivity contribution in [1.82, 2.24) is 15.3 Å². The lowest BCUT2D eigenvalue weighted by Crippen LogP contribution is -2.19. The molecule has 0 aliphatic carbocycles. The summed E-state index contributed by atoms with van der Waals surface area (Å²) in [6, 6.07) is 1.50. The molecule has 0 fully saturated rings. The van der Waals surface area contributed by atoms with E-state index in [-0.39, 0.29) is 17.5 Å². The standard InChI is InChI=1S/C6H8N4O/c1-8-5(11)4-2-3-9-6(7)10-4/h2-3H,1H3,(H,8,11)(H2,7,9,10). The molecule has 0 aliphatic rings. The third kappa shape index (κ3) is 1.64.